The summed E-state index contributed by atoms with van der Waals surface area (Å²) in [6, 6.07) is 17.0. The molecule has 17 nitrogen and oxygen atoms in total. The van der Waals surface area contributed by atoms with E-state index >= 15 is 0 Å². The molecule has 0 fully saturated rings. The fourth-order valence-electron chi connectivity index (χ4n) is 3.96. The highest BCUT2D eigenvalue weighted by atomic mass is 32.2. The molecule has 240 valence electrons. The Balaban J connectivity index is 1.46. The number of aromatic amines is 1. The molecule has 2 N–H and O–H groups in total. The van der Waals surface area contributed by atoms with Gasteiger partial charge in [-0.15, -0.1) is 5.11 Å². The van der Waals surface area contributed by atoms with Crippen LogP contribution in [-0.4, -0.2) is 67.3 Å². The number of azide groups is 1. The van der Waals surface area contributed by atoms with Gasteiger partial charge >= 0.3 is 0 Å². The maximum absolute atomic E-state index is 13.5. The summed E-state index contributed by atoms with van der Waals surface area (Å²) >= 11 is 0. The molecule has 0 amide bonds. The second-order valence-electron chi connectivity index (χ2n) is 9.32. The Bertz CT molecular complexity index is 1870. The van der Waals surface area contributed by atoms with Crippen molar-refractivity contribution in [3.8, 4) is 22.7 Å². The van der Waals surface area contributed by atoms with Crippen molar-refractivity contribution in [2.24, 2.45) is 15.3 Å². The van der Waals surface area contributed by atoms with E-state index in [2.05, 4.69) is 25.4 Å². The SMILES string of the molecule is [N-]=[N+]=NCCCOCCOCCOc1ccc(-n2[nH]c(-c3ccc([N+](=O)[O-])cc3)c(N=Nc3ccc(S(=O)(=O)O)cc3)c2=O)cc1. The number of hydrogen-bond acceptors (Lipinski definition) is 11. The summed E-state index contributed by atoms with van der Waals surface area (Å²) in [6.45, 7) is 2.24. The number of nitrogens with zero attached hydrogens (tertiary/aromatic N) is 7. The lowest BCUT2D eigenvalue weighted by atomic mass is 10.1. The summed E-state index contributed by atoms with van der Waals surface area (Å²) in [4.78, 5) is 26.4. The summed E-state index contributed by atoms with van der Waals surface area (Å²) in [7, 11) is -4.40. The predicted molar refractivity (Wildman–Crippen MR) is 165 cm³/mol. The van der Waals surface area contributed by atoms with Crippen LogP contribution in [0.25, 0.3) is 27.4 Å². The Hall–Kier alpha value is -5.39. The summed E-state index contributed by atoms with van der Waals surface area (Å²) < 4.78 is 49.6. The highest BCUT2D eigenvalue weighted by molar-refractivity contribution is 7.85. The molecule has 1 aromatic heterocycles. The molecule has 0 saturated heterocycles. The minimum absolute atomic E-state index is 0.107. The Kier molecular flexibility index (Phi) is 11.7. The first kappa shape index (κ1) is 33.5. The number of ether oxygens (including phenoxy) is 3. The number of aromatic nitrogens is 2. The first-order chi connectivity index (χ1) is 22.2. The van der Waals surface area contributed by atoms with Gasteiger partial charge in [0, 0.05) is 35.8 Å². The fourth-order valence-corrected chi connectivity index (χ4v) is 4.44. The van der Waals surface area contributed by atoms with Crippen molar-refractivity contribution in [2.45, 2.75) is 11.3 Å². The number of rotatable bonds is 17. The maximum Gasteiger partial charge on any atom is 0.299 e. The van der Waals surface area contributed by atoms with E-state index in [1.807, 2.05) is 0 Å². The Morgan fingerprint density at radius 3 is 2.20 bits per heavy atom. The minimum atomic E-state index is -4.40. The van der Waals surface area contributed by atoms with Crippen LogP contribution < -0.4 is 10.3 Å². The van der Waals surface area contributed by atoms with Gasteiger partial charge in [0.05, 0.1) is 46.7 Å². The van der Waals surface area contributed by atoms with Gasteiger partial charge in [-0.3, -0.25) is 24.6 Å². The first-order valence-electron chi connectivity index (χ1n) is 13.7. The van der Waals surface area contributed by atoms with Crippen LogP contribution in [0.4, 0.5) is 17.1 Å². The third-order valence-corrected chi connectivity index (χ3v) is 7.07. The van der Waals surface area contributed by atoms with Crippen molar-refractivity contribution in [1.29, 1.82) is 0 Å². The second-order valence-corrected chi connectivity index (χ2v) is 10.7. The molecule has 46 heavy (non-hydrogen) atoms. The number of H-pyrrole nitrogens is 1. The molecule has 1 heterocycles. The van der Waals surface area contributed by atoms with Crippen LogP contribution in [-0.2, 0) is 19.6 Å². The summed E-state index contributed by atoms with van der Waals surface area (Å²) in [5.74, 6) is 0.532. The zero-order valence-corrected chi connectivity index (χ0v) is 24.9. The molecular weight excluding hydrogens is 624 g/mol. The first-order valence-corrected chi connectivity index (χ1v) is 15.1. The predicted octanol–water partition coefficient (Wildman–Crippen LogP) is 5.52. The standard InChI is InChI=1S/C28H28N8O9S/c29-34-30-14-1-15-43-16-17-44-18-19-45-24-10-8-22(9-11-24)35-28(37)27(26(33-35)20-2-6-23(7-3-20)36(38)39)32-31-21-4-12-25(13-5-21)46(40,41)42/h2-13,33H,1,14-19H2,(H,40,41,42). The van der Waals surface area contributed by atoms with Crippen molar-refractivity contribution in [3.63, 3.8) is 0 Å². The van der Waals surface area contributed by atoms with E-state index in [4.69, 9.17) is 19.7 Å². The number of non-ortho nitro benzene ring substituents is 1. The third kappa shape index (κ3) is 9.31. The van der Waals surface area contributed by atoms with Crippen molar-refractivity contribution < 1.29 is 32.1 Å². The average molecular weight is 653 g/mol. The van der Waals surface area contributed by atoms with E-state index in [9.17, 15) is 27.9 Å². The van der Waals surface area contributed by atoms with Gasteiger partial charge in [-0.25, -0.2) is 4.68 Å². The Labute approximate surface area is 261 Å². The average Bonchev–Trinajstić information content (AvgIpc) is 3.38. The third-order valence-electron chi connectivity index (χ3n) is 6.21. The number of nitro benzene ring substituents is 1. The van der Waals surface area contributed by atoms with Crippen LogP contribution in [0.5, 0.6) is 5.75 Å². The molecule has 0 aliphatic rings. The van der Waals surface area contributed by atoms with Crippen LogP contribution in [0.2, 0.25) is 0 Å². The van der Waals surface area contributed by atoms with Gasteiger partial charge in [-0.1, -0.05) is 5.11 Å². The normalized spacial score (nSPS) is 11.4. The van der Waals surface area contributed by atoms with Crippen LogP contribution in [0.1, 0.15) is 6.42 Å². The van der Waals surface area contributed by atoms with Crippen molar-refractivity contribution in [1.82, 2.24) is 9.78 Å². The second kappa shape index (κ2) is 16.1. The lowest BCUT2D eigenvalue weighted by Gasteiger charge is -2.08. The van der Waals surface area contributed by atoms with Gasteiger partial charge < -0.3 is 14.2 Å². The van der Waals surface area contributed by atoms with E-state index in [0.29, 0.717) is 56.4 Å². The van der Waals surface area contributed by atoms with Gasteiger partial charge in [0.2, 0.25) is 0 Å². The molecule has 0 aliphatic heterocycles. The molecule has 0 bridgehead atoms. The number of hydrogen-bond donors (Lipinski definition) is 2. The molecule has 0 saturated carbocycles. The van der Waals surface area contributed by atoms with E-state index < -0.39 is 20.6 Å². The quantitative estimate of drug-likeness (QED) is 0.0277. The fraction of sp³-hybridized carbons (Fsp3) is 0.250. The lowest BCUT2D eigenvalue weighted by Crippen LogP contribution is -2.14. The molecule has 4 aromatic rings. The van der Waals surface area contributed by atoms with Crippen LogP contribution in [0.3, 0.4) is 0 Å². The van der Waals surface area contributed by atoms with Gasteiger partial charge in [0.1, 0.15) is 12.4 Å². The van der Waals surface area contributed by atoms with E-state index in [1.165, 1.54) is 41.1 Å². The number of nitro groups is 1. The van der Waals surface area contributed by atoms with Gasteiger partial charge in [0.15, 0.2) is 5.69 Å². The number of azo groups is 1. The number of benzene rings is 3. The molecule has 0 aliphatic carbocycles. The van der Waals surface area contributed by atoms with E-state index in [1.54, 1.807) is 24.3 Å². The Morgan fingerprint density at radius 2 is 1.57 bits per heavy atom. The van der Waals surface area contributed by atoms with Crippen LogP contribution in [0.15, 0.2) is 97.8 Å². The van der Waals surface area contributed by atoms with Crippen molar-refractivity contribution in [2.75, 3.05) is 39.6 Å². The zero-order chi connectivity index (χ0) is 32.9. The summed E-state index contributed by atoms with van der Waals surface area (Å²) in [5.41, 5.74) is 8.70. The molecule has 0 atom stereocenters. The molecule has 0 radical (unpaired) electrons. The molecule has 4 rings (SSSR count). The van der Waals surface area contributed by atoms with E-state index in [-0.39, 0.29) is 34.3 Å². The van der Waals surface area contributed by atoms with Crippen LogP contribution in [0, 0.1) is 10.1 Å². The zero-order valence-electron chi connectivity index (χ0n) is 24.1. The summed E-state index contributed by atoms with van der Waals surface area (Å²) in [6.07, 6.45) is 0.637. The van der Waals surface area contributed by atoms with Crippen LogP contribution >= 0.6 is 0 Å². The summed E-state index contributed by atoms with van der Waals surface area (Å²) in [5, 5.41) is 25.7. The minimum Gasteiger partial charge on any atom is -0.491 e. The molecule has 3 aromatic carbocycles. The van der Waals surface area contributed by atoms with Gasteiger partial charge in [0.25, 0.3) is 21.4 Å². The molecule has 0 spiro atoms. The van der Waals surface area contributed by atoms with Gasteiger partial charge in [-0.2, -0.15) is 13.5 Å². The smallest absolute Gasteiger partial charge is 0.299 e. The molecule has 0 unspecified atom stereocenters. The Morgan fingerprint density at radius 1 is 0.913 bits per heavy atom. The highest BCUT2D eigenvalue weighted by Crippen LogP contribution is 2.30. The van der Waals surface area contributed by atoms with Gasteiger partial charge in [-0.05, 0) is 72.6 Å². The van der Waals surface area contributed by atoms with Crippen molar-refractivity contribution >= 4 is 27.2 Å². The monoisotopic (exact) mass is 652 g/mol. The molecule has 18 heteroatoms. The maximum atomic E-state index is 13.5. The molecular formula is C28H28N8O9S. The number of nitrogens with one attached hydrogen (secondary N) is 1. The van der Waals surface area contributed by atoms with Crippen molar-refractivity contribution in [3.05, 3.63) is 104 Å². The lowest BCUT2D eigenvalue weighted by molar-refractivity contribution is -0.384. The topological polar surface area (TPSA) is 236 Å². The van der Waals surface area contributed by atoms with E-state index in [0.717, 1.165) is 12.1 Å². The highest BCUT2D eigenvalue weighted by Gasteiger charge is 2.18. The largest absolute Gasteiger partial charge is 0.491 e.